The Morgan fingerprint density at radius 1 is 1.15 bits per heavy atom. The lowest BCUT2D eigenvalue weighted by Gasteiger charge is -2.11. The van der Waals surface area contributed by atoms with Crippen molar-refractivity contribution in [2.75, 3.05) is 10.6 Å². The van der Waals surface area contributed by atoms with Gasteiger partial charge in [-0.05, 0) is 30.3 Å². The highest BCUT2D eigenvalue weighted by atomic mass is 35.5. The number of carbonyl (C=O) groups is 2. The first kappa shape index (κ1) is 17.6. The van der Waals surface area contributed by atoms with Gasteiger partial charge in [0.15, 0.2) is 0 Å². The van der Waals surface area contributed by atoms with Gasteiger partial charge in [-0.15, -0.1) is 0 Å². The topological polar surface area (TPSA) is 93.1 Å². The second kappa shape index (κ2) is 7.37. The number of halogens is 1. The molecule has 0 saturated carbocycles. The number of amides is 2. The fraction of sp³-hybridized carbons (Fsp3) is 0.111. The van der Waals surface area contributed by atoms with Gasteiger partial charge in [-0.25, -0.2) is 4.98 Å². The number of anilines is 2. The lowest BCUT2D eigenvalue weighted by Crippen LogP contribution is -2.28. The number of rotatable bonds is 4. The molecular formula is C18H15ClN4O3. The summed E-state index contributed by atoms with van der Waals surface area (Å²) in [7, 11) is 0. The van der Waals surface area contributed by atoms with Crippen LogP contribution in [-0.2, 0) is 16.1 Å². The van der Waals surface area contributed by atoms with Crippen molar-refractivity contribution >= 4 is 45.8 Å². The largest absolute Gasteiger partial charge is 0.325 e. The van der Waals surface area contributed by atoms with Crippen LogP contribution in [0.5, 0.6) is 0 Å². The summed E-state index contributed by atoms with van der Waals surface area (Å²) in [6.45, 7) is 1.22. The molecule has 0 radical (unpaired) electrons. The van der Waals surface area contributed by atoms with E-state index in [1.807, 2.05) is 6.07 Å². The zero-order valence-electron chi connectivity index (χ0n) is 13.8. The maximum Gasteiger partial charge on any atom is 0.269 e. The summed E-state index contributed by atoms with van der Waals surface area (Å²) in [5, 5.41) is 5.57. The van der Waals surface area contributed by atoms with E-state index < -0.39 is 0 Å². The van der Waals surface area contributed by atoms with E-state index in [-0.39, 0.29) is 23.9 Å². The second-order valence-corrected chi connectivity index (χ2v) is 6.00. The summed E-state index contributed by atoms with van der Waals surface area (Å²) in [5.74, 6) is -0.626. The van der Waals surface area contributed by atoms with Crippen LogP contribution in [0.3, 0.4) is 0 Å². The van der Waals surface area contributed by atoms with E-state index in [1.165, 1.54) is 23.8 Å². The van der Waals surface area contributed by atoms with Crippen LogP contribution >= 0.6 is 11.6 Å². The van der Waals surface area contributed by atoms with Gasteiger partial charge in [0, 0.05) is 12.6 Å². The Bertz CT molecular complexity index is 1060. The number of para-hydroxylation sites is 2. The maximum atomic E-state index is 12.3. The van der Waals surface area contributed by atoms with E-state index in [4.69, 9.17) is 11.6 Å². The molecular weight excluding hydrogens is 356 g/mol. The molecule has 0 bridgehead atoms. The standard InChI is InChI=1S/C18H15ClN4O3/c1-11(24)21-14-7-6-12(8-13(14)19)22-17(25)10-23-16-5-3-2-4-15(16)20-9-18(23)26/h2-9H,10H2,1H3,(H,21,24)(H,22,25). The molecule has 0 aliphatic rings. The Morgan fingerprint density at radius 3 is 2.65 bits per heavy atom. The molecule has 0 aliphatic heterocycles. The predicted octanol–water partition coefficient (Wildman–Crippen LogP) is 2.65. The Kier molecular flexibility index (Phi) is 4.99. The van der Waals surface area contributed by atoms with E-state index in [1.54, 1.807) is 30.3 Å². The molecule has 0 atom stereocenters. The first-order valence-electron chi connectivity index (χ1n) is 7.75. The van der Waals surface area contributed by atoms with Crippen molar-refractivity contribution in [3.05, 3.63) is 64.0 Å². The van der Waals surface area contributed by atoms with Gasteiger partial charge in [-0.3, -0.25) is 19.0 Å². The predicted molar refractivity (Wildman–Crippen MR) is 100 cm³/mol. The average Bonchev–Trinajstić information content (AvgIpc) is 2.59. The van der Waals surface area contributed by atoms with E-state index in [2.05, 4.69) is 15.6 Å². The van der Waals surface area contributed by atoms with Crippen LogP contribution in [0.15, 0.2) is 53.5 Å². The van der Waals surface area contributed by atoms with E-state index in [0.29, 0.717) is 27.4 Å². The lowest BCUT2D eigenvalue weighted by molar-refractivity contribution is -0.117. The Balaban J connectivity index is 1.80. The number of fused-ring (bicyclic) bond motifs is 1. The first-order valence-corrected chi connectivity index (χ1v) is 8.13. The minimum Gasteiger partial charge on any atom is -0.325 e. The molecule has 0 saturated heterocycles. The Hall–Kier alpha value is -3.19. The zero-order chi connectivity index (χ0) is 18.7. The molecule has 0 spiro atoms. The summed E-state index contributed by atoms with van der Waals surface area (Å²) in [6, 6.07) is 11.8. The second-order valence-electron chi connectivity index (χ2n) is 5.60. The third kappa shape index (κ3) is 3.89. The average molecular weight is 371 g/mol. The fourth-order valence-corrected chi connectivity index (χ4v) is 2.73. The Labute approximate surface area is 153 Å². The number of benzene rings is 2. The molecule has 3 aromatic rings. The monoisotopic (exact) mass is 370 g/mol. The fourth-order valence-electron chi connectivity index (χ4n) is 2.51. The van der Waals surface area contributed by atoms with Crippen molar-refractivity contribution in [1.82, 2.24) is 9.55 Å². The molecule has 0 fully saturated rings. The number of aromatic nitrogens is 2. The number of hydrogen-bond acceptors (Lipinski definition) is 4. The van der Waals surface area contributed by atoms with Crippen molar-refractivity contribution in [2.45, 2.75) is 13.5 Å². The normalized spacial score (nSPS) is 10.5. The van der Waals surface area contributed by atoms with Gasteiger partial charge in [-0.2, -0.15) is 0 Å². The highest BCUT2D eigenvalue weighted by Crippen LogP contribution is 2.25. The van der Waals surface area contributed by atoms with Crippen LogP contribution in [0, 0.1) is 0 Å². The van der Waals surface area contributed by atoms with Crippen molar-refractivity contribution < 1.29 is 9.59 Å². The van der Waals surface area contributed by atoms with Crippen LogP contribution < -0.4 is 16.2 Å². The highest BCUT2D eigenvalue weighted by Gasteiger charge is 2.10. The van der Waals surface area contributed by atoms with Crippen molar-refractivity contribution in [3.8, 4) is 0 Å². The van der Waals surface area contributed by atoms with Crippen LogP contribution in [0.2, 0.25) is 5.02 Å². The molecule has 3 rings (SSSR count). The van der Waals surface area contributed by atoms with Crippen molar-refractivity contribution in [3.63, 3.8) is 0 Å². The van der Waals surface area contributed by atoms with Crippen molar-refractivity contribution in [2.24, 2.45) is 0 Å². The van der Waals surface area contributed by atoms with Gasteiger partial charge in [0.05, 0.1) is 27.9 Å². The quantitative estimate of drug-likeness (QED) is 0.738. The molecule has 132 valence electrons. The SMILES string of the molecule is CC(=O)Nc1ccc(NC(=O)Cn2c(=O)cnc3ccccc32)cc1Cl. The minimum absolute atomic E-state index is 0.160. The van der Waals surface area contributed by atoms with Crippen LogP contribution in [0.4, 0.5) is 11.4 Å². The van der Waals surface area contributed by atoms with Gasteiger partial charge < -0.3 is 10.6 Å². The lowest BCUT2D eigenvalue weighted by atomic mass is 10.2. The van der Waals surface area contributed by atoms with Crippen LogP contribution in [-0.4, -0.2) is 21.4 Å². The van der Waals surface area contributed by atoms with Gasteiger partial charge in [0.25, 0.3) is 5.56 Å². The zero-order valence-corrected chi connectivity index (χ0v) is 14.6. The summed E-state index contributed by atoms with van der Waals surface area (Å²) in [6.07, 6.45) is 1.19. The molecule has 7 nitrogen and oxygen atoms in total. The first-order chi connectivity index (χ1) is 12.4. The van der Waals surface area contributed by atoms with Gasteiger partial charge in [-0.1, -0.05) is 23.7 Å². The van der Waals surface area contributed by atoms with E-state index in [0.717, 1.165) is 0 Å². The molecule has 2 aromatic carbocycles. The summed E-state index contributed by atoms with van der Waals surface area (Å²) >= 11 is 6.09. The molecule has 1 aromatic heterocycles. The molecule has 0 aliphatic carbocycles. The Morgan fingerprint density at radius 2 is 1.92 bits per heavy atom. The van der Waals surface area contributed by atoms with Crippen LogP contribution in [0.25, 0.3) is 11.0 Å². The van der Waals surface area contributed by atoms with Gasteiger partial charge in [0.1, 0.15) is 6.54 Å². The number of carbonyl (C=O) groups excluding carboxylic acids is 2. The molecule has 2 N–H and O–H groups in total. The van der Waals surface area contributed by atoms with Crippen molar-refractivity contribution in [1.29, 1.82) is 0 Å². The summed E-state index contributed by atoms with van der Waals surface area (Å²) < 4.78 is 1.35. The number of nitrogens with one attached hydrogen (secondary N) is 2. The number of hydrogen-bond donors (Lipinski definition) is 2. The van der Waals surface area contributed by atoms with Gasteiger partial charge in [0.2, 0.25) is 11.8 Å². The molecule has 8 heteroatoms. The molecule has 26 heavy (non-hydrogen) atoms. The molecule has 0 unspecified atom stereocenters. The summed E-state index contributed by atoms with van der Waals surface area (Å²) in [4.78, 5) is 39.6. The number of nitrogens with zero attached hydrogens (tertiary/aromatic N) is 2. The molecule has 2 amide bonds. The third-order valence-electron chi connectivity index (χ3n) is 3.62. The minimum atomic E-state index is -0.383. The van der Waals surface area contributed by atoms with E-state index >= 15 is 0 Å². The summed E-state index contributed by atoms with van der Waals surface area (Å²) in [5.41, 5.74) is 1.75. The smallest absolute Gasteiger partial charge is 0.269 e. The third-order valence-corrected chi connectivity index (χ3v) is 3.93. The maximum absolute atomic E-state index is 12.3. The molecule has 1 heterocycles. The van der Waals surface area contributed by atoms with Crippen LogP contribution in [0.1, 0.15) is 6.92 Å². The van der Waals surface area contributed by atoms with E-state index in [9.17, 15) is 14.4 Å². The van der Waals surface area contributed by atoms with Gasteiger partial charge >= 0.3 is 0 Å². The highest BCUT2D eigenvalue weighted by molar-refractivity contribution is 6.34.